The van der Waals surface area contributed by atoms with Crippen LogP contribution in [0.25, 0.3) is 0 Å². The summed E-state index contributed by atoms with van der Waals surface area (Å²) in [6.07, 6.45) is 3.58. The summed E-state index contributed by atoms with van der Waals surface area (Å²) in [4.78, 5) is 0.506. The van der Waals surface area contributed by atoms with Crippen LogP contribution in [0.15, 0.2) is 29.2 Å². The molecular weight excluding hydrogens is 246 g/mol. The Balaban J connectivity index is 2.29. The van der Waals surface area contributed by atoms with Gasteiger partial charge in [-0.2, -0.15) is 0 Å². The fourth-order valence-electron chi connectivity index (χ4n) is 2.74. The van der Waals surface area contributed by atoms with E-state index in [4.69, 9.17) is 0 Å². The minimum Gasteiger partial charge on any atom is -0.317 e. The number of nitrogens with one attached hydrogen (secondary N) is 1. The molecule has 0 aliphatic heterocycles. The molecule has 0 spiro atoms. The van der Waals surface area contributed by atoms with E-state index in [1.54, 1.807) is 12.1 Å². The molecule has 1 saturated carbocycles. The number of hydrogen-bond donors (Lipinski definition) is 1. The predicted octanol–water partition coefficient (Wildman–Crippen LogP) is 2.30. The van der Waals surface area contributed by atoms with Crippen molar-refractivity contribution in [2.24, 2.45) is 0 Å². The maximum absolute atomic E-state index is 12.6. The SMILES string of the molecule is CNC1CCCC(S(=O)(=O)c2ccccc2C)C1. The molecule has 100 valence electrons. The molecule has 0 radical (unpaired) electrons. The Labute approximate surface area is 110 Å². The maximum atomic E-state index is 12.6. The second-order valence-corrected chi connectivity index (χ2v) is 7.28. The zero-order valence-corrected chi connectivity index (χ0v) is 11.8. The average molecular weight is 267 g/mol. The van der Waals surface area contributed by atoms with Crippen LogP contribution in [0.4, 0.5) is 0 Å². The minimum absolute atomic E-state index is 0.232. The number of aryl methyl sites for hydroxylation is 1. The number of rotatable bonds is 3. The van der Waals surface area contributed by atoms with Crippen molar-refractivity contribution in [2.75, 3.05) is 7.05 Å². The van der Waals surface area contributed by atoms with Gasteiger partial charge >= 0.3 is 0 Å². The van der Waals surface area contributed by atoms with Crippen molar-refractivity contribution in [1.82, 2.24) is 5.32 Å². The molecule has 1 aromatic carbocycles. The topological polar surface area (TPSA) is 46.2 Å². The monoisotopic (exact) mass is 267 g/mol. The molecule has 0 aromatic heterocycles. The lowest BCUT2D eigenvalue weighted by Crippen LogP contribution is -2.37. The lowest BCUT2D eigenvalue weighted by molar-refractivity contribution is 0.390. The first-order valence-corrected chi connectivity index (χ1v) is 8.07. The first kappa shape index (κ1) is 13.6. The molecular formula is C14H21NO2S. The van der Waals surface area contributed by atoms with E-state index in [1.807, 2.05) is 26.1 Å². The third-order valence-corrected chi connectivity index (χ3v) is 6.25. The molecule has 2 atom stereocenters. The van der Waals surface area contributed by atoms with Crippen LogP contribution in [0, 0.1) is 6.92 Å². The molecule has 1 fully saturated rings. The Kier molecular flexibility index (Phi) is 4.07. The van der Waals surface area contributed by atoms with Gasteiger partial charge in [-0.25, -0.2) is 8.42 Å². The summed E-state index contributed by atoms with van der Waals surface area (Å²) in [5.41, 5.74) is 0.851. The lowest BCUT2D eigenvalue weighted by Gasteiger charge is -2.29. The Morgan fingerprint density at radius 2 is 1.94 bits per heavy atom. The predicted molar refractivity (Wildman–Crippen MR) is 73.5 cm³/mol. The fraction of sp³-hybridized carbons (Fsp3) is 0.571. The highest BCUT2D eigenvalue weighted by atomic mass is 32.2. The van der Waals surface area contributed by atoms with Gasteiger partial charge in [0.05, 0.1) is 10.1 Å². The van der Waals surface area contributed by atoms with Crippen LogP contribution in [-0.2, 0) is 9.84 Å². The zero-order chi connectivity index (χ0) is 13.2. The van der Waals surface area contributed by atoms with Crippen molar-refractivity contribution in [3.63, 3.8) is 0 Å². The minimum atomic E-state index is -3.18. The maximum Gasteiger partial charge on any atom is 0.181 e. The van der Waals surface area contributed by atoms with E-state index in [-0.39, 0.29) is 5.25 Å². The van der Waals surface area contributed by atoms with E-state index in [0.717, 1.165) is 31.2 Å². The summed E-state index contributed by atoms with van der Waals surface area (Å²) in [5, 5.41) is 2.98. The number of benzene rings is 1. The van der Waals surface area contributed by atoms with Crippen LogP contribution in [-0.4, -0.2) is 26.8 Å². The van der Waals surface area contributed by atoms with E-state index in [0.29, 0.717) is 10.9 Å². The van der Waals surface area contributed by atoms with Gasteiger partial charge in [-0.15, -0.1) is 0 Å². The summed E-state index contributed by atoms with van der Waals surface area (Å²) in [5.74, 6) is 0. The molecule has 0 amide bonds. The molecule has 2 unspecified atom stereocenters. The van der Waals surface area contributed by atoms with Crippen molar-refractivity contribution in [3.8, 4) is 0 Å². The van der Waals surface area contributed by atoms with Crippen LogP contribution in [0.2, 0.25) is 0 Å². The first-order chi connectivity index (χ1) is 8.55. The molecule has 4 heteroatoms. The second kappa shape index (κ2) is 5.41. The molecule has 0 bridgehead atoms. The Morgan fingerprint density at radius 1 is 1.22 bits per heavy atom. The van der Waals surface area contributed by atoms with Crippen molar-refractivity contribution >= 4 is 9.84 Å². The third kappa shape index (κ3) is 2.59. The standard InChI is InChI=1S/C14H21NO2S/c1-11-6-3-4-9-14(11)18(16,17)13-8-5-7-12(10-13)15-2/h3-4,6,9,12-13,15H,5,7-8,10H2,1-2H3. The molecule has 18 heavy (non-hydrogen) atoms. The molecule has 1 N–H and O–H groups in total. The number of hydrogen-bond acceptors (Lipinski definition) is 3. The van der Waals surface area contributed by atoms with Gasteiger partial charge in [-0.1, -0.05) is 24.6 Å². The van der Waals surface area contributed by atoms with E-state index in [9.17, 15) is 8.42 Å². The van der Waals surface area contributed by atoms with Crippen molar-refractivity contribution in [1.29, 1.82) is 0 Å². The fourth-order valence-corrected chi connectivity index (χ4v) is 4.85. The van der Waals surface area contributed by atoms with E-state index >= 15 is 0 Å². The molecule has 2 rings (SSSR count). The highest BCUT2D eigenvalue weighted by Crippen LogP contribution is 2.30. The Hall–Kier alpha value is -0.870. The molecule has 1 aromatic rings. The summed E-state index contributed by atoms with van der Waals surface area (Å²) in [6, 6.07) is 7.62. The zero-order valence-electron chi connectivity index (χ0n) is 11.0. The molecule has 0 saturated heterocycles. The summed E-state index contributed by atoms with van der Waals surface area (Å²) >= 11 is 0. The van der Waals surface area contributed by atoms with E-state index in [2.05, 4.69) is 5.32 Å². The highest BCUT2D eigenvalue weighted by molar-refractivity contribution is 7.92. The van der Waals surface area contributed by atoms with Gasteiger partial charge in [0.2, 0.25) is 0 Å². The van der Waals surface area contributed by atoms with E-state index in [1.165, 1.54) is 0 Å². The number of sulfone groups is 1. The Bertz CT molecular complexity index is 510. The van der Waals surface area contributed by atoms with Gasteiger partial charge in [0.1, 0.15) is 0 Å². The largest absolute Gasteiger partial charge is 0.317 e. The average Bonchev–Trinajstić information content (AvgIpc) is 2.39. The summed E-state index contributed by atoms with van der Waals surface area (Å²) in [6.45, 7) is 1.87. The van der Waals surface area contributed by atoms with Crippen molar-refractivity contribution in [3.05, 3.63) is 29.8 Å². The van der Waals surface area contributed by atoms with Gasteiger partial charge in [0.25, 0.3) is 0 Å². The van der Waals surface area contributed by atoms with Crippen LogP contribution in [0.3, 0.4) is 0 Å². The highest BCUT2D eigenvalue weighted by Gasteiger charge is 2.33. The van der Waals surface area contributed by atoms with Gasteiger partial charge in [0.15, 0.2) is 9.84 Å². The lowest BCUT2D eigenvalue weighted by atomic mass is 9.95. The summed E-state index contributed by atoms with van der Waals surface area (Å²) in [7, 11) is -1.27. The third-order valence-electron chi connectivity index (χ3n) is 3.87. The molecule has 1 aliphatic rings. The normalized spacial score (nSPS) is 25.0. The molecule has 3 nitrogen and oxygen atoms in total. The smallest absolute Gasteiger partial charge is 0.181 e. The van der Waals surface area contributed by atoms with E-state index < -0.39 is 9.84 Å². The van der Waals surface area contributed by atoms with Crippen LogP contribution >= 0.6 is 0 Å². The van der Waals surface area contributed by atoms with Crippen LogP contribution < -0.4 is 5.32 Å². The van der Waals surface area contributed by atoms with Gasteiger partial charge in [-0.3, -0.25) is 0 Å². The van der Waals surface area contributed by atoms with Crippen molar-refractivity contribution in [2.45, 2.75) is 48.8 Å². The van der Waals surface area contributed by atoms with Gasteiger partial charge < -0.3 is 5.32 Å². The Morgan fingerprint density at radius 3 is 2.61 bits per heavy atom. The van der Waals surface area contributed by atoms with Gasteiger partial charge in [-0.05, 0) is 44.9 Å². The quantitative estimate of drug-likeness (QED) is 0.914. The molecule has 1 aliphatic carbocycles. The second-order valence-electron chi connectivity index (χ2n) is 5.08. The summed E-state index contributed by atoms with van der Waals surface area (Å²) < 4.78 is 25.3. The van der Waals surface area contributed by atoms with Crippen molar-refractivity contribution < 1.29 is 8.42 Å². The van der Waals surface area contributed by atoms with Crippen LogP contribution in [0.5, 0.6) is 0 Å². The van der Waals surface area contributed by atoms with Gasteiger partial charge in [0, 0.05) is 6.04 Å². The first-order valence-electron chi connectivity index (χ1n) is 6.52. The van der Waals surface area contributed by atoms with Crippen LogP contribution in [0.1, 0.15) is 31.2 Å². The molecule has 0 heterocycles.